The number of nitrogens with one attached hydrogen (secondary N) is 1. The molecule has 1 aromatic heterocycles. The number of aromatic nitrogens is 1. The summed E-state index contributed by atoms with van der Waals surface area (Å²) in [4.78, 5) is 3.87. The zero-order valence-electron chi connectivity index (χ0n) is 7.08. The lowest BCUT2D eigenvalue weighted by Gasteiger charge is -2.07. The van der Waals surface area contributed by atoms with Crippen LogP contribution in [0.25, 0.3) is 0 Å². The molecule has 3 N–H and O–H groups in total. The van der Waals surface area contributed by atoms with Crippen molar-refractivity contribution in [3.05, 3.63) is 30.1 Å². The smallest absolute Gasteiger partial charge is 0.322 e. The second-order valence-corrected chi connectivity index (χ2v) is 4.20. The molecule has 0 saturated carbocycles. The molecule has 2 heterocycles. The predicted octanol–water partition coefficient (Wildman–Crippen LogP) is -0.672. The molecule has 1 unspecified atom stereocenters. The van der Waals surface area contributed by atoms with Gasteiger partial charge in [-0.25, -0.2) is 0 Å². The molecular formula is C7H8N4O2S. The second kappa shape index (κ2) is 3.03. The largest absolute Gasteiger partial charge is 0.385 e. The average Bonchev–Trinajstić information content (AvgIpc) is 2.41. The molecule has 6 nitrogen and oxygen atoms in total. The molecule has 0 bridgehead atoms. The number of nitrogens with zero attached hydrogens (tertiary/aromatic N) is 2. The standard InChI is InChI=1S/C7H8N4O2S/c8-7-6(10-14(12,13)11-7)5-2-1-3-9-4-5/h1-4,6,10H,(H2,8,11). The van der Waals surface area contributed by atoms with E-state index in [4.69, 9.17) is 5.73 Å². The van der Waals surface area contributed by atoms with E-state index in [-0.39, 0.29) is 5.84 Å². The van der Waals surface area contributed by atoms with Gasteiger partial charge in [0.25, 0.3) is 0 Å². The van der Waals surface area contributed by atoms with Crippen molar-refractivity contribution in [3.63, 3.8) is 0 Å². The van der Waals surface area contributed by atoms with Gasteiger partial charge in [-0.1, -0.05) is 6.07 Å². The van der Waals surface area contributed by atoms with Crippen LogP contribution in [-0.4, -0.2) is 19.2 Å². The Morgan fingerprint density at radius 2 is 2.29 bits per heavy atom. The van der Waals surface area contributed by atoms with E-state index in [0.29, 0.717) is 5.56 Å². The highest BCUT2D eigenvalue weighted by Crippen LogP contribution is 2.18. The summed E-state index contributed by atoms with van der Waals surface area (Å²) < 4.78 is 27.7. The van der Waals surface area contributed by atoms with Crippen molar-refractivity contribution in [1.29, 1.82) is 0 Å². The van der Waals surface area contributed by atoms with Gasteiger partial charge in [-0.05, 0) is 11.6 Å². The van der Waals surface area contributed by atoms with Crippen molar-refractivity contribution in [2.45, 2.75) is 6.04 Å². The molecule has 1 aliphatic rings. The first-order chi connectivity index (χ1) is 6.58. The van der Waals surface area contributed by atoms with Crippen molar-refractivity contribution in [3.8, 4) is 0 Å². The van der Waals surface area contributed by atoms with Gasteiger partial charge in [0.05, 0.1) is 0 Å². The van der Waals surface area contributed by atoms with Crippen molar-refractivity contribution in [1.82, 2.24) is 9.71 Å². The monoisotopic (exact) mass is 212 g/mol. The van der Waals surface area contributed by atoms with Gasteiger partial charge in [-0.3, -0.25) is 4.98 Å². The molecule has 0 aliphatic carbocycles. The first kappa shape index (κ1) is 9.10. The van der Waals surface area contributed by atoms with Crippen molar-refractivity contribution in [2.75, 3.05) is 0 Å². The lowest BCUT2D eigenvalue weighted by atomic mass is 10.1. The zero-order chi connectivity index (χ0) is 10.2. The maximum atomic E-state index is 11.0. The van der Waals surface area contributed by atoms with Crippen LogP contribution in [0.3, 0.4) is 0 Å². The molecule has 74 valence electrons. The Morgan fingerprint density at radius 3 is 2.79 bits per heavy atom. The van der Waals surface area contributed by atoms with Crippen LogP contribution in [0.2, 0.25) is 0 Å². The molecule has 1 aromatic rings. The highest BCUT2D eigenvalue weighted by molar-refractivity contribution is 7.88. The highest BCUT2D eigenvalue weighted by Gasteiger charge is 2.29. The SMILES string of the molecule is NC1=NS(=O)(=O)NC1c1cccnc1. The van der Waals surface area contributed by atoms with E-state index in [1.165, 1.54) is 0 Å². The van der Waals surface area contributed by atoms with Crippen LogP contribution in [0.5, 0.6) is 0 Å². The zero-order valence-corrected chi connectivity index (χ0v) is 7.90. The lowest BCUT2D eigenvalue weighted by Crippen LogP contribution is -2.28. The van der Waals surface area contributed by atoms with Gasteiger partial charge in [0.15, 0.2) is 0 Å². The normalized spacial score (nSPS) is 24.6. The van der Waals surface area contributed by atoms with Gasteiger partial charge in [0.2, 0.25) is 0 Å². The van der Waals surface area contributed by atoms with E-state index >= 15 is 0 Å². The van der Waals surface area contributed by atoms with Crippen molar-refractivity contribution in [2.24, 2.45) is 10.1 Å². The van der Waals surface area contributed by atoms with Crippen LogP contribution >= 0.6 is 0 Å². The van der Waals surface area contributed by atoms with E-state index in [2.05, 4.69) is 14.1 Å². The number of hydrogen-bond donors (Lipinski definition) is 2. The van der Waals surface area contributed by atoms with Crippen LogP contribution in [0.4, 0.5) is 0 Å². The Balaban J connectivity index is 2.37. The minimum Gasteiger partial charge on any atom is -0.385 e. The number of pyridine rings is 1. The maximum absolute atomic E-state index is 11.0. The minimum atomic E-state index is -3.61. The topological polar surface area (TPSA) is 97.4 Å². The Labute approximate surface area is 81.1 Å². The third-order valence-electron chi connectivity index (χ3n) is 1.81. The third-order valence-corrected chi connectivity index (χ3v) is 2.79. The summed E-state index contributed by atoms with van der Waals surface area (Å²) in [6, 6.07) is 2.84. The molecule has 14 heavy (non-hydrogen) atoms. The van der Waals surface area contributed by atoms with Crippen LogP contribution in [0.15, 0.2) is 28.9 Å². The van der Waals surface area contributed by atoms with Gasteiger partial charge in [-0.2, -0.15) is 13.1 Å². The molecule has 0 radical (unpaired) electrons. The van der Waals surface area contributed by atoms with Crippen LogP contribution < -0.4 is 10.5 Å². The van der Waals surface area contributed by atoms with Gasteiger partial charge in [-0.15, -0.1) is 4.40 Å². The van der Waals surface area contributed by atoms with Crippen molar-refractivity contribution >= 4 is 16.0 Å². The Morgan fingerprint density at radius 1 is 1.50 bits per heavy atom. The van der Waals surface area contributed by atoms with Crippen LogP contribution in [0.1, 0.15) is 11.6 Å². The highest BCUT2D eigenvalue weighted by atomic mass is 32.2. The first-order valence-electron chi connectivity index (χ1n) is 3.86. The summed E-state index contributed by atoms with van der Waals surface area (Å²) in [5.74, 6) is 0.0398. The number of nitrogens with two attached hydrogens (primary N) is 1. The van der Waals surface area contributed by atoms with E-state index in [1.807, 2.05) is 0 Å². The summed E-state index contributed by atoms with van der Waals surface area (Å²) in [7, 11) is -3.61. The van der Waals surface area contributed by atoms with Crippen LogP contribution in [-0.2, 0) is 10.2 Å². The molecule has 7 heteroatoms. The van der Waals surface area contributed by atoms with Crippen LogP contribution in [0, 0.1) is 0 Å². The summed E-state index contributed by atoms with van der Waals surface area (Å²) in [6.07, 6.45) is 3.14. The maximum Gasteiger partial charge on any atom is 0.322 e. The Bertz CT molecular complexity index is 468. The number of rotatable bonds is 1. The summed E-state index contributed by atoms with van der Waals surface area (Å²) in [5, 5.41) is 0. The predicted molar refractivity (Wildman–Crippen MR) is 50.7 cm³/mol. The van der Waals surface area contributed by atoms with Gasteiger partial charge < -0.3 is 5.73 Å². The minimum absolute atomic E-state index is 0.0398. The molecule has 1 aliphatic heterocycles. The summed E-state index contributed by atoms with van der Waals surface area (Å²) in [6.45, 7) is 0. The van der Waals surface area contributed by atoms with Crippen molar-refractivity contribution < 1.29 is 8.42 Å². The molecule has 0 saturated heterocycles. The fourth-order valence-electron chi connectivity index (χ4n) is 1.21. The van der Waals surface area contributed by atoms with Gasteiger partial charge >= 0.3 is 10.2 Å². The molecule has 0 fully saturated rings. The molecule has 2 rings (SSSR count). The fraction of sp³-hybridized carbons (Fsp3) is 0.143. The Hall–Kier alpha value is -1.47. The molecular weight excluding hydrogens is 204 g/mol. The lowest BCUT2D eigenvalue weighted by molar-refractivity contribution is 0.585. The van der Waals surface area contributed by atoms with E-state index in [9.17, 15) is 8.42 Å². The van der Waals surface area contributed by atoms with E-state index < -0.39 is 16.3 Å². The summed E-state index contributed by atoms with van der Waals surface area (Å²) in [5.41, 5.74) is 6.14. The average molecular weight is 212 g/mol. The van der Waals surface area contributed by atoms with E-state index in [1.54, 1.807) is 24.5 Å². The summed E-state index contributed by atoms with van der Waals surface area (Å²) >= 11 is 0. The second-order valence-electron chi connectivity index (χ2n) is 2.83. The molecule has 0 amide bonds. The molecule has 1 atom stereocenters. The number of hydrogen-bond acceptors (Lipinski definition) is 4. The van der Waals surface area contributed by atoms with Gasteiger partial charge in [0.1, 0.15) is 11.9 Å². The quantitative estimate of drug-likeness (QED) is 0.645. The first-order valence-corrected chi connectivity index (χ1v) is 5.30. The van der Waals surface area contributed by atoms with E-state index in [0.717, 1.165) is 0 Å². The molecule has 0 spiro atoms. The fourth-order valence-corrected chi connectivity index (χ4v) is 2.20. The third kappa shape index (κ3) is 1.59. The molecule has 0 aromatic carbocycles. The van der Waals surface area contributed by atoms with Gasteiger partial charge in [0, 0.05) is 12.4 Å². The Kier molecular flexibility index (Phi) is 1.97. The number of amidine groups is 1.